The van der Waals surface area contributed by atoms with E-state index in [0.717, 1.165) is 35.9 Å². The number of nitrogens with one attached hydrogen (secondary N) is 2. The summed E-state index contributed by atoms with van der Waals surface area (Å²) < 4.78 is 11.7. The Morgan fingerprint density at radius 3 is 2.43 bits per heavy atom. The average Bonchev–Trinajstić information content (AvgIpc) is 3.03. The minimum Gasteiger partial charge on any atom is -0.481 e. The first-order valence-electron chi connectivity index (χ1n) is 14.2. The molecule has 1 fully saturated rings. The minimum absolute atomic E-state index is 0.0439. The van der Waals surface area contributed by atoms with E-state index in [2.05, 4.69) is 15.7 Å². The summed E-state index contributed by atoms with van der Waals surface area (Å²) in [6, 6.07) is 15.8. The Morgan fingerprint density at radius 2 is 1.70 bits per heavy atom. The minimum atomic E-state index is -0.658. The highest BCUT2D eigenvalue weighted by Crippen LogP contribution is 2.41. The number of ether oxygens (including phenoxy) is 2. The summed E-state index contributed by atoms with van der Waals surface area (Å²) in [5.74, 6) is -0.0734. The lowest BCUT2D eigenvalue weighted by Gasteiger charge is -2.28. The van der Waals surface area contributed by atoms with Gasteiger partial charge in [-0.2, -0.15) is 0 Å². The van der Waals surface area contributed by atoms with E-state index >= 15 is 0 Å². The van der Waals surface area contributed by atoms with Crippen LogP contribution >= 0.6 is 23.2 Å². The predicted octanol–water partition coefficient (Wildman–Crippen LogP) is 5.48. The molecule has 2 heterocycles. The molecule has 2 unspecified atom stereocenters. The van der Waals surface area contributed by atoms with Gasteiger partial charge in [-0.05, 0) is 25.0 Å². The number of hydrogen-bond donors (Lipinski definition) is 3. The molecule has 12 heteroatoms. The molecular formula is C32H33Cl2N5O5. The van der Waals surface area contributed by atoms with Gasteiger partial charge in [0.2, 0.25) is 11.8 Å². The van der Waals surface area contributed by atoms with Gasteiger partial charge in [0.15, 0.2) is 0 Å². The molecular weight excluding hydrogens is 605 g/mol. The fourth-order valence-corrected chi connectivity index (χ4v) is 5.93. The number of aromatic nitrogens is 3. The lowest BCUT2D eigenvalue weighted by Crippen LogP contribution is -2.41. The Bertz CT molecular complexity index is 1750. The van der Waals surface area contributed by atoms with Gasteiger partial charge in [-0.3, -0.25) is 9.59 Å². The van der Waals surface area contributed by atoms with Gasteiger partial charge in [-0.15, -0.1) is 5.10 Å². The third-order valence-electron chi connectivity index (χ3n) is 7.72. The number of aliphatic hydroxyl groups is 1. The number of methoxy groups -OCH3 is 2. The van der Waals surface area contributed by atoms with E-state index < -0.39 is 11.5 Å². The molecule has 2 aromatic heterocycles. The number of hydrogen-bond acceptors (Lipinski definition) is 8. The summed E-state index contributed by atoms with van der Waals surface area (Å²) >= 11 is 13.8. The summed E-state index contributed by atoms with van der Waals surface area (Å²) in [6.45, 7) is 0.512. The zero-order valence-corrected chi connectivity index (χ0v) is 26.1. The Balaban J connectivity index is 1.41. The Kier molecular flexibility index (Phi) is 9.85. The quantitative estimate of drug-likeness (QED) is 0.220. The van der Waals surface area contributed by atoms with Gasteiger partial charge >= 0.3 is 0 Å². The topological polar surface area (TPSA) is 128 Å². The lowest BCUT2D eigenvalue weighted by atomic mass is 9.92. The molecule has 5 rings (SSSR count). The SMILES string of the molecule is COc1cc(C(=O)Nc2cccc(-c3cccc(-c4ccc(CNC5CCCCC5O)c(OC)n4)c3Cl)c2Cl)c(=O)n(C)n1. The van der Waals surface area contributed by atoms with E-state index in [1.165, 1.54) is 20.2 Å². The number of aryl methyl sites for hydroxylation is 1. The second kappa shape index (κ2) is 13.8. The van der Waals surface area contributed by atoms with Crippen molar-refractivity contribution in [1.82, 2.24) is 20.1 Å². The Morgan fingerprint density at radius 1 is 1.00 bits per heavy atom. The van der Waals surface area contributed by atoms with Crippen LogP contribution in [0.25, 0.3) is 22.4 Å². The fraction of sp³-hybridized carbons (Fsp3) is 0.312. The van der Waals surface area contributed by atoms with E-state index in [1.54, 1.807) is 25.3 Å². The van der Waals surface area contributed by atoms with Gasteiger partial charge in [0, 0.05) is 48.0 Å². The molecule has 1 saturated carbocycles. The number of nitrogens with zero attached hydrogens (tertiary/aromatic N) is 3. The Labute approximate surface area is 264 Å². The summed E-state index contributed by atoms with van der Waals surface area (Å²) in [6.07, 6.45) is 3.53. The van der Waals surface area contributed by atoms with Crippen LogP contribution in [0.4, 0.5) is 5.69 Å². The number of benzene rings is 2. The molecule has 0 spiro atoms. The van der Waals surface area contributed by atoms with Gasteiger partial charge < -0.3 is 25.2 Å². The highest BCUT2D eigenvalue weighted by molar-refractivity contribution is 6.39. The van der Waals surface area contributed by atoms with Crippen LogP contribution in [0.1, 0.15) is 41.6 Å². The molecule has 0 aliphatic heterocycles. The number of pyridine rings is 1. The smallest absolute Gasteiger partial charge is 0.279 e. The molecule has 1 amide bonds. The number of aliphatic hydroxyl groups excluding tert-OH is 1. The van der Waals surface area contributed by atoms with Crippen molar-refractivity contribution in [3.05, 3.63) is 86.1 Å². The first kappa shape index (κ1) is 31.5. The zero-order valence-electron chi connectivity index (χ0n) is 24.6. The number of rotatable bonds is 9. The van der Waals surface area contributed by atoms with Gasteiger partial charge in [-0.1, -0.05) is 72.4 Å². The average molecular weight is 639 g/mol. The second-order valence-corrected chi connectivity index (χ2v) is 11.3. The second-order valence-electron chi connectivity index (χ2n) is 10.5. The molecule has 44 heavy (non-hydrogen) atoms. The van der Waals surface area contributed by atoms with Crippen LogP contribution in [0.3, 0.4) is 0 Å². The van der Waals surface area contributed by atoms with Crippen LogP contribution < -0.4 is 25.7 Å². The molecule has 10 nitrogen and oxygen atoms in total. The summed E-state index contributed by atoms with van der Waals surface area (Å²) in [4.78, 5) is 30.4. The number of halogens is 2. The van der Waals surface area contributed by atoms with Crippen molar-refractivity contribution in [2.75, 3.05) is 19.5 Å². The molecule has 0 saturated heterocycles. The lowest BCUT2D eigenvalue weighted by molar-refractivity contribution is 0.0901. The molecule has 4 aromatic rings. The summed E-state index contributed by atoms with van der Waals surface area (Å²) in [5, 5.41) is 21.1. The fourth-order valence-electron chi connectivity index (χ4n) is 5.33. The third-order valence-corrected chi connectivity index (χ3v) is 8.54. The largest absolute Gasteiger partial charge is 0.481 e. The van der Waals surface area contributed by atoms with Crippen molar-refractivity contribution in [2.24, 2.45) is 7.05 Å². The van der Waals surface area contributed by atoms with E-state index in [0.29, 0.717) is 45.5 Å². The highest BCUT2D eigenvalue weighted by atomic mass is 35.5. The van der Waals surface area contributed by atoms with Crippen LogP contribution in [-0.4, -0.2) is 52.1 Å². The normalized spacial score (nSPS) is 16.4. The first-order valence-corrected chi connectivity index (χ1v) is 14.9. The maximum Gasteiger partial charge on any atom is 0.279 e. The van der Waals surface area contributed by atoms with E-state index in [9.17, 15) is 14.7 Å². The van der Waals surface area contributed by atoms with Crippen molar-refractivity contribution in [1.29, 1.82) is 0 Å². The standard InChI is InChI=1S/C32H33Cl2N5O5/c1-39-32(42)22(16-27(38-39)43-2)30(41)36-25-12-7-9-20(29(25)34)19-8-6-10-21(28(19)33)23-15-14-18(31(37-23)44-3)17-35-24-11-4-5-13-26(24)40/h6-10,12,14-16,24,26,35,40H,4-5,11,13,17H2,1-3H3,(H,36,41). The first-order chi connectivity index (χ1) is 21.2. The van der Waals surface area contributed by atoms with Crippen molar-refractivity contribution in [3.63, 3.8) is 0 Å². The summed E-state index contributed by atoms with van der Waals surface area (Å²) in [7, 11) is 4.40. The third kappa shape index (κ3) is 6.58. The van der Waals surface area contributed by atoms with E-state index in [4.69, 9.17) is 37.7 Å². The number of anilines is 1. The van der Waals surface area contributed by atoms with Crippen molar-refractivity contribution < 1.29 is 19.4 Å². The molecule has 2 aromatic carbocycles. The zero-order chi connectivity index (χ0) is 31.4. The predicted molar refractivity (Wildman–Crippen MR) is 171 cm³/mol. The maximum atomic E-state index is 13.1. The van der Waals surface area contributed by atoms with Gasteiger partial charge in [0.05, 0.1) is 41.8 Å². The van der Waals surface area contributed by atoms with Crippen molar-refractivity contribution >= 4 is 34.8 Å². The van der Waals surface area contributed by atoms with Crippen LogP contribution in [0.15, 0.2) is 59.4 Å². The van der Waals surface area contributed by atoms with Crippen LogP contribution in [-0.2, 0) is 13.6 Å². The van der Waals surface area contributed by atoms with Gasteiger partial charge in [0.1, 0.15) is 5.56 Å². The van der Waals surface area contributed by atoms with E-state index in [1.807, 2.05) is 30.3 Å². The van der Waals surface area contributed by atoms with Gasteiger partial charge in [-0.25, -0.2) is 9.67 Å². The highest BCUT2D eigenvalue weighted by Gasteiger charge is 2.23. The van der Waals surface area contributed by atoms with Gasteiger partial charge in [0.25, 0.3) is 11.5 Å². The van der Waals surface area contributed by atoms with E-state index in [-0.39, 0.29) is 28.6 Å². The summed E-state index contributed by atoms with van der Waals surface area (Å²) in [5.41, 5.74) is 2.93. The number of carbonyl (C=O) groups is 1. The molecule has 230 valence electrons. The molecule has 1 aliphatic rings. The van der Waals surface area contributed by atoms with Crippen molar-refractivity contribution in [3.8, 4) is 34.1 Å². The molecule has 3 N–H and O–H groups in total. The molecule has 0 radical (unpaired) electrons. The van der Waals surface area contributed by atoms with Crippen molar-refractivity contribution in [2.45, 2.75) is 44.4 Å². The van der Waals surface area contributed by atoms with Crippen LogP contribution in [0.2, 0.25) is 10.0 Å². The Hall–Kier alpha value is -3.96. The van der Waals surface area contributed by atoms with Crippen LogP contribution in [0, 0.1) is 0 Å². The maximum absolute atomic E-state index is 13.1. The molecule has 2 atom stereocenters. The molecule has 1 aliphatic carbocycles. The number of amides is 1. The monoisotopic (exact) mass is 637 g/mol. The number of carbonyl (C=O) groups excluding carboxylic acids is 1. The van der Waals surface area contributed by atoms with Crippen LogP contribution in [0.5, 0.6) is 11.8 Å². The molecule has 0 bridgehead atoms.